The maximum atomic E-state index is 2.49. The zero-order valence-corrected chi connectivity index (χ0v) is 24.0. The number of unbranched alkanes of at least 4 members (excludes halogenated alkanes) is 18. The first-order valence-corrected chi connectivity index (χ1v) is 15.5. The monoisotopic (exact) mass is 472 g/mol. The molecule has 0 bridgehead atoms. The Labute approximate surface area is 215 Å². The van der Waals surface area contributed by atoms with Crippen molar-refractivity contribution in [3.63, 3.8) is 0 Å². The molecule has 0 amide bonds. The fraction of sp³-hybridized carbons (Fsp3) is 0.818. The van der Waals surface area contributed by atoms with E-state index in [2.05, 4.69) is 58.3 Å². The lowest BCUT2D eigenvalue weighted by atomic mass is 9.96. The molecule has 1 aromatic rings. The lowest BCUT2D eigenvalue weighted by Crippen LogP contribution is -2.44. The third-order valence-electron chi connectivity index (χ3n) is 7.95. The summed E-state index contributed by atoms with van der Waals surface area (Å²) in [5.41, 5.74) is 1.55. The van der Waals surface area contributed by atoms with Crippen LogP contribution in [0.15, 0.2) is 30.3 Å². The zero-order valence-electron chi connectivity index (χ0n) is 24.0. The zero-order chi connectivity index (χ0) is 24.7. The van der Waals surface area contributed by atoms with E-state index in [0.29, 0.717) is 6.04 Å². The van der Waals surface area contributed by atoms with E-state index in [1.165, 1.54) is 141 Å². The molecule has 0 saturated carbocycles. The van der Waals surface area contributed by atoms with Crippen LogP contribution >= 0.6 is 0 Å². The third kappa shape index (κ3) is 16.0. The summed E-state index contributed by atoms with van der Waals surface area (Å²) >= 11 is 0. The van der Waals surface area contributed by atoms with Gasteiger partial charge in [-0.1, -0.05) is 153 Å². The van der Waals surface area contributed by atoms with E-state index in [9.17, 15) is 0 Å². The average Bonchev–Trinajstić information content (AvgIpc) is 2.84. The number of hydrogen-bond acceptors (Lipinski definition) is 0. The van der Waals surface area contributed by atoms with Crippen molar-refractivity contribution in [2.24, 2.45) is 0 Å². The molecule has 0 aliphatic carbocycles. The Morgan fingerprint density at radius 1 is 0.500 bits per heavy atom. The normalized spacial score (nSPS) is 12.8. The van der Waals surface area contributed by atoms with Crippen molar-refractivity contribution in [3.05, 3.63) is 35.9 Å². The number of hydrogen-bond donors (Lipinski definition) is 0. The Balaban J connectivity index is 2.28. The van der Waals surface area contributed by atoms with Crippen LogP contribution in [0.5, 0.6) is 0 Å². The van der Waals surface area contributed by atoms with Gasteiger partial charge in [0.2, 0.25) is 0 Å². The Morgan fingerprint density at radius 3 is 1.32 bits per heavy atom. The summed E-state index contributed by atoms with van der Waals surface area (Å²) in [6.07, 6.45) is 29.9. The largest absolute Gasteiger partial charge is 0.322 e. The summed E-state index contributed by atoms with van der Waals surface area (Å²) < 4.78 is 1.15. The molecular formula is C33H62N+. The Morgan fingerprint density at radius 2 is 0.882 bits per heavy atom. The molecule has 1 unspecified atom stereocenters. The van der Waals surface area contributed by atoms with Crippen molar-refractivity contribution in [2.75, 3.05) is 20.6 Å². The highest BCUT2D eigenvalue weighted by Gasteiger charge is 2.28. The van der Waals surface area contributed by atoms with Crippen LogP contribution in [0.2, 0.25) is 0 Å². The highest BCUT2D eigenvalue weighted by Crippen LogP contribution is 2.31. The van der Waals surface area contributed by atoms with Crippen molar-refractivity contribution in [3.8, 4) is 0 Å². The van der Waals surface area contributed by atoms with Crippen molar-refractivity contribution in [2.45, 2.75) is 155 Å². The molecule has 1 heteroatoms. The van der Waals surface area contributed by atoms with Crippen LogP contribution in [0.3, 0.4) is 0 Å². The van der Waals surface area contributed by atoms with Gasteiger partial charge in [-0.15, -0.1) is 0 Å². The van der Waals surface area contributed by atoms with Gasteiger partial charge in [0, 0.05) is 12.0 Å². The molecule has 0 saturated heterocycles. The second-order valence-electron chi connectivity index (χ2n) is 11.6. The van der Waals surface area contributed by atoms with Crippen LogP contribution in [0.4, 0.5) is 0 Å². The molecular weight excluding hydrogens is 410 g/mol. The van der Waals surface area contributed by atoms with Crippen molar-refractivity contribution in [1.29, 1.82) is 0 Å². The van der Waals surface area contributed by atoms with E-state index in [1.807, 2.05) is 0 Å². The highest BCUT2D eigenvalue weighted by molar-refractivity contribution is 5.17. The molecule has 198 valence electrons. The van der Waals surface area contributed by atoms with Crippen molar-refractivity contribution < 1.29 is 4.48 Å². The first-order valence-electron chi connectivity index (χ1n) is 15.5. The minimum absolute atomic E-state index is 0.647. The number of nitrogens with zero attached hydrogens (tertiary/aromatic N) is 1. The Hall–Kier alpha value is -0.820. The minimum Gasteiger partial charge on any atom is -0.322 e. The fourth-order valence-electron chi connectivity index (χ4n) is 5.58. The van der Waals surface area contributed by atoms with Crippen LogP contribution in [0, 0.1) is 0 Å². The molecule has 1 aromatic carbocycles. The first kappa shape index (κ1) is 31.2. The van der Waals surface area contributed by atoms with Crippen LogP contribution in [0.25, 0.3) is 0 Å². The summed E-state index contributed by atoms with van der Waals surface area (Å²) in [5, 5.41) is 0. The molecule has 0 spiro atoms. The Kier molecular flexibility index (Phi) is 19.7. The van der Waals surface area contributed by atoms with Crippen LogP contribution in [0.1, 0.15) is 160 Å². The van der Waals surface area contributed by atoms with E-state index in [0.717, 1.165) is 4.48 Å². The lowest BCUT2D eigenvalue weighted by Gasteiger charge is -2.39. The molecule has 0 heterocycles. The van der Waals surface area contributed by atoms with Gasteiger partial charge in [0.1, 0.15) is 6.04 Å². The molecule has 0 aliphatic rings. The average molecular weight is 473 g/mol. The van der Waals surface area contributed by atoms with E-state index in [-0.39, 0.29) is 0 Å². The molecule has 34 heavy (non-hydrogen) atoms. The summed E-state index contributed by atoms with van der Waals surface area (Å²) in [4.78, 5) is 0. The van der Waals surface area contributed by atoms with E-state index >= 15 is 0 Å². The number of benzene rings is 1. The Bertz CT molecular complexity index is 535. The lowest BCUT2D eigenvalue weighted by molar-refractivity contribution is -0.921. The topological polar surface area (TPSA) is 0 Å². The molecule has 0 aromatic heterocycles. The van der Waals surface area contributed by atoms with Crippen LogP contribution in [-0.4, -0.2) is 25.1 Å². The smallest absolute Gasteiger partial charge is 0.114 e. The van der Waals surface area contributed by atoms with Gasteiger partial charge in [0.05, 0.1) is 20.6 Å². The van der Waals surface area contributed by atoms with Gasteiger partial charge in [-0.2, -0.15) is 0 Å². The van der Waals surface area contributed by atoms with Gasteiger partial charge in [-0.05, 0) is 19.3 Å². The van der Waals surface area contributed by atoms with Crippen molar-refractivity contribution >= 4 is 0 Å². The molecule has 1 nitrogen and oxygen atoms in total. The van der Waals surface area contributed by atoms with Crippen molar-refractivity contribution in [1.82, 2.24) is 0 Å². The standard InChI is InChI=1S/C33H62N/c1-5-7-9-11-13-15-17-19-21-26-30-33(32-28-24-23-25-29-32)34(3,4)31-27-22-20-18-16-14-12-10-8-6-2/h23-25,28-29,33H,5-22,26-27,30-31H2,1-4H3/q+1. The molecule has 0 N–H and O–H groups in total. The van der Waals surface area contributed by atoms with E-state index < -0.39 is 0 Å². The quantitative estimate of drug-likeness (QED) is 0.104. The minimum atomic E-state index is 0.647. The summed E-state index contributed by atoms with van der Waals surface area (Å²) in [6, 6.07) is 12.0. The summed E-state index contributed by atoms with van der Waals surface area (Å²) in [6.45, 7) is 5.92. The summed E-state index contributed by atoms with van der Waals surface area (Å²) in [5.74, 6) is 0. The molecule has 0 aliphatic heterocycles. The summed E-state index contributed by atoms with van der Waals surface area (Å²) in [7, 11) is 4.98. The van der Waals surface area contributed by atoms with Gasteiger partial charge in [-0.3, -0.25) is 0 Å². The molecule has 1 atom stereocenters. The number of rotatable bonds is 24. The molecule has 0 radical (unpaired) electrons. The number of quaternary nitrogens is 1. The van der Waals surface area contributed by atoms with Crippen LogP contribution < -0.4 is 0 Å². The van der Waals surface area contributed by atoms with Gasteiger partial charge < -0.3 is 4.48 Å². The van der Waals surface area contributed by atoms with Gasteiger partial charge in [0.15, 0.2) is 0 Å². The molecule has 1 rings (SSSR count). The van der Waals surface area contributed by atoms with E-state index in [4.69, 9.17) is 0 Å². The second kappa shape index (κ2) is 21.5. The predicted molar refractivity (Wildman–Crippen MR) is 154 cm³/mol. The first-order chi connectivity index (χ1) is 16.6. The highest BCUT2D eigenvalue weighted by atomic mass is 15.3. The van der Waals surface area contributed by atoms with Gasteiger partial charge in [-0.25, -0.2) is 0 Å². The van der Waals surface area contributed by atoms with Crippen LogP contribution in [-0.2, 0) is 0 Å². The maximum Gasteiger partial charge on any atom is 0.114 e. The predicted octanol–water partition coefficient (Wildman–Crippen LogP) is 11.0. The van der Waals surface area contributed by atoms with Gasteiger partial charge in [0.25, 0.3) is 0 Å². The van der Waals surface area contributed by atoms with E-state index in [1.54, 1.807) is 5.56 Å². The second-order valence-corrected chi connectivity index (χ2v) is 11.6. The molecule has 0 fully saturated rings. The van der Waals surface area contributed by atoms with Gasteiger partial charge >= 0.3 is 0 Å². The fourth-order valence-corrected chi connectivity index (χ4v) is 5.58. The maximum absolute atomic E-state index is 2.49. The third-order valence-corrected chi connectivity index (χ3v) is 7.95. The SMILES string of the molecule is CCCCCCCCCCCCC(c1ccccc1)[N+](C)(C)CCCCCCCCCCCC.